The number of rotatable bonds is 1. The van der Waals surface area contributed by atoms with Crippen molar-refractivity contribution >= 4 is 33.7 Å². The Balaban J connectivity index is 1.48. The van der Waals surface area contributed by atoms with E-state index in [1.165, 1.54) is 0 Å². The number of hydrogen-bond donors (Lipinski definition) is 0. The number of ether oxygens (including phenoxy) is 1. The third-order valence-corrected chi connectivity index (χ3v) is 5.70. The molecule has 0 atom stereocenters. The van der Waals surface area contributed by atoms with Crippen molar-refractivity contribution in [3.05, 3.63) is 89.4 Å². The van der Waals surface area contributed by atoms with E-state index in [0.717, 1.165) is 44.3 Å². The Bertz CT molecular complexity index is 1550. The lowest BCUT2D eigenvalue weighted by atomic mass is 10.1. The molecule has 6 rings (SSSR count). The molecule has 150 valence electrons. The molecule has 4 nitrogen and oxygen atoms in total. The smallest absolute Gasteiger partial charge is 0.228 e. The molecule has 0 saturated carbocycles. The quantitative estimate of drug-likeness (QED) is 0.301. The normalized spacial score (nSPS) is 12.5. The van der Waals surface area contributed by atoms with Crippen LogP contribution in [0.2, 0.25) is 0 Å². The fourth-order valence-corrected chi connectivity index (χ4v) is 4.04. The summed E-state index contributed by atoms with van der Waals surface area (Å²) in [7, 11) is 0. The van der Waals surface area contributed by atoms with E-state index < -0.39 is 0 Å². The predicted molar refractivity (Wildman–Crippen MR) is 122 cm³/mol. The standard InChI is InChI=1S/C26H18FN3O/c1-15-3-6-25-23(9-15)28-14-19-11-18-12-20(4-5-22(18)29-26(19)31-25)30-8-7-17-10-16(2)21(27)13-24(17)30/h3-14H,1-2H3. The first-order valence-corrected chi connectivity index (χ1v) is 10.1. The second-order valence-corrected chi connectivity index (χ2v) is 7.94. The molecule has 0 N–H and O–H groups in total. The van der Waals surface area contributed by atoms with Gasteiger partial charge in [0, 0.05) is 28.9 Å². The van der Waals surface area contributed by atoms with Gasteiger partial charge in [0.2, 0.25) is 5.88 Å². The van der Waals surface area contributed by atoms with Gasteiger partial charge in [-0.1, -0.05) is 6.07 Å². The lowest BCUT2D eigenvalue weighted by Gasteiger charge is -2.11. The molecule has 5 aromatic rings. The van der Waals surface area contributed by atoms with E-state index in [9.17, 15) is 4.39 Å². The molecule has 5 heteroatoms. The maximum Gasteiger partial charge on any atom is 0.228 e. The van der Waals surface area contributed by atoms with Gasteiger partial charge in [-0.2, -0.15) is 0 Å². The number of aryl methyl sites for hydroxylation is 2. The third-order valence-electron chi connectivity index (χ3n) is 5.70. The van der Waals surface area contributed by atoms with Gasteiger partial charge in [0.1, 0.15) is 11.5 Å². The monoisotopic (exact) mass is 407 g/mol. The largest absolute Gasteiger partial charge is 0.436 e. The average molecular weight is 407 g/mol. The summed E-state index contributed by atoms with van der Waals surface area (Å²) in [6.45, 7) is 3.81. The Morgan fingerprint density at radius 3 is 2.71 bits per heavy atom. The third kappa shape index (κ3) is 2.89. The Labute approximate surface area is 178 Å². The van der Waals surface area contributed by atoms with Gasteiger partial charge in [-0.25, -0.2) is 9.37 Å². The van der Waals surface area contributed by atoms with E-state index in [1.807, 2.05) is 66.2 Å². The van der Waals surface area contributed by atoms with Gasteiger partial charge in [0.15, 0.2) is 5.75 Å². The van der Waals surface area contributed by atoms with Crippen LogP contribution in [-0.4, -0.2) is 15.8 Å². The summed E-state index contributed by atoms with van der Waals surface area (Å²) in [6.07, 6.45) is 3.76. The van der Waals surface area contributed by atoms with E-state index in [4.69, 9.17) is 9.72 Å². The summed E-state index contributed by atoms with van der Waals surface area (Å²) >= 11 is 0. The highest BCUT2D eigenvalue weighted by atomic mass is 19.1. The Kier molecular flexibility index (Phi) is 3.74. The van der Waals surface area contributed by atoms with Crippen LogP contribution >= 0.6 is 0 Å². The molecular weight excluding hydrogens is 389 g/mol. The second-order valence-electron chi connectivity index (χ2n) is 7.94. The highest BCUT2D eigenvalue weighted by Gasteiger charge is 2.15. The van der Waals surface area contributed by atoms with Gasteiger partial charge >= 0.3 is 0 Å². The minimum atomic E-state index is -0.205. The molecule has 2 aromatic heterocycles. The maximum atomic E-state index is 14.2. The van der Waals surface area contributed by atoms with Crippen molar-refractivity contribution in [1.82, 2.24) is 9.55 Å². The van der Waals surface area contributed by atoms with Crippen LogP contribution in [0.4, 0.5) is 10.1 Å². The number of nitrogens with zero attached hydrogens (tertiary/aromatic N) is 3. The summed E-state index contributed by atoms with van der Waals surface area (Å²) in [5, 5.41) is 1.97. The van der Waals surface area contributed by atoms with E-state index in [2.05, 4.69) is 11.1 Å². The number of pyridine rings is 1. The molecule has 0 spiro atoms. The zero-order chi connectivity index (χ0) is 21.1. The van der Waals surface area contributed by atoms with Gasteiger partial charge in [-0.3, -0.25) is 4.99 Å². The summed E-state index contributed by atoms with van der Waals surface area (Å²) in [6, 6.07) is 19.4. The van der Waals surface area contributed by atoms with Crippen molar-refractivity contribution in [2.75, 3.05) is 0 Å². The van der Waals surface area contributed by atoms with Crippen molar-refractivity contribution in [2.45, 2.75) is 13.8 Å². The van der Waals surface area contributed by atoms with Crippen LogP contribution in [0.5, 0.6) is 11.6 Å². The molecule has 0 amide bonds. The first kappa shape index (κ1) is 17.8. The minimum absolute atomic E-state index is 0.205. The molecule has 1 aliphatic heterocycles. The summed E-state index contributed by atoms with van der Waals surface area (Å²) in [5.41, 5.74) is 5.98. The summed E-state index contributed by atoms with van der Waals surface area (Å²) in [4.78, 5) is 9.31. The molecule has 0 radical (unpaired) electrons. The lowest BCUT2D eigenvalue weighted by Crippen LogP contribution is -1.96. The van der Waals surface area contributed by atoms with Crippen LogP contribution in [0.25, 0.3) is 27.5 Å². The van der Waals surface area contributed by atoms with Crippen molar-refractivity contribution in [3.63, 3.8) is 0 Å². The number of hydrogen-bond acceptors (Lipinski definition) is 3. The van der Waals surface area contributed by atoms with Gasteiger partial charge in [0.25, 0.3) is 0 Å². The molecule has 0 bridgehead atoms. The Morgan fingerprint density at radius 1 is 0.903 bits per heavy atom. The van der Waals surface area contributed by atoms with E-state index in [1.54, 1.807) is 19.2 Å². The fraction of sp³-hybridized carbons (Fsp3) is 0.0769. The highest BCUT2D eigenvalue weighted by molar-refractivity contribution is 5.94. The number of halogens is 1. The van der Waals surface area contributed by atoms with Crippen LogP contribution in [0.1, 0.15) is 16.7 Å². The second kappa shape index (κ2) is 6.51. The van der Waals surface area contributed by atoms with Gasteiger partial charge in [0.05, 0.1) is 16.6 Å². The number of fused-ring (bicyclic) bond motifs is 4. The SMILES string of the molecule is Cc1ccc2c(c1)N=Cc1cc3cc(-n4ccc5cc(C)c(F)cc54)ccc3nc1O2. The Morgan fingerprint density at radius 2 is 1.81 bits per heavy atom. The van der Waals surface area contributed by atoms with Crippen molar-refractivity contribution < 1.29 is 9.13 Å². The summed E-state index contributed by atoms with van der Waals surface area (Å²) < 4.78 is 22.2. The maximum absolute atomic E-state index is 14.2. The van der Waals surface area contributed by atoms with E-state index in [0.29, 0.717) is 17.2 Å². The van der Waals surface area contributed by atoms with Crippen molar-refractivity contribution in [2.24, 2.45) is 4.99 Å². The van der Waals surface area contributed by atoms with Crippen LogP contribution in [0.3, 0.4) is 0 Å². The predicted octanol–water partition coefficient (Wildman–Crippen LogP) is 6.79. The minimum Gasteiger partial charge on any atom is -0.436 e. The molecule has 31 heavy (non-hydrogen) atoms. The van der Waals surface area contributed by atoms with Crippen molar-refractivity contribution in [1.29, 1.82) is 0 Å². The van der Waals surface area contributed by atoms with Gasteiger partial charge in [-0.05, 0) is 79.6 Å². The van der Waals surface area contributed by atoms with E-state index in [-0.39, 0.29) is 5.82 Å². The first-order valence-electron chi connectivity index (χ1n) is 10.1. The van der Waals surface area contributed by atoms with Gasteiger partial charge in [-0.15, -0.1) is 0 Å². The van der Waals surface area contributed by atoms with Crippen LogP contribution in [-0.2, 0) is 0 Å². The van der Waals surface area contributed by atoms with Gasteiger partial charge < -0.3 is 9.30 Å². The van der Waals surface area contributed by atoms with E-state index >= 15 is 0 Å². The first-order chi connectivity index (χ1) is 15.0. The zero-order valence-electron chi connectivity index (χ0n) is 17.1. The summed E-state index contributed by atoms with van der Waals surface area (Å²) in [5.74, 6) is 1.03. The fourth-order valence-electron chi connectivity index (χ4n) is 4.04. The molecule has 0 fully saturated rings. The molecule has 3 aromatic carbocycles. The molecule has 0 aliphatic carbocycles. The average Bonchev–Trinajstić information content (AvgIpc) is 3.07. The lowest BCUT2D eigenvalue weighted by molar-refractivity contribution is 0.467. The Hall–Kier alpha value is -3.99. The molecule has 1 aliphatic rings. The molecule has 3 heterocycles. The molecular formula is C26H18FN3O. The number of benzene rings is 3. The highest BCUT2D eigenvalue weighted by Crippen LogP contribution is 2.37. The van der Waals surface area contributed by atoms with Crippen LogP contribution in [0.15, 0.2) is 71.9 Å². The molecule has 0 unspecified atom stereocenters. The number of aliphatic imine (C=N–C) groups is 1. The topological polar surface area (TPSA) is 39.4 Å². The van der Waals surface area contributed by atoms with Crippen LogP contribution in [0, 0.1) is 19.7 Å². The zero-order valence-corrected chi connectivity index (χ0v) is 17.1. The van der Waals surface area contributed by atoms with Crippen molar-refractivity contribution in [3.8, 4) is 17.3 Å². The van der Waals surface area contributed by atoms with Crippen LogP contribution < -0.4 is 4.74 Å². The molecule has 0 saturated heterocycles. The number of aromatic nitrogens is 2.